The summed E-state index contributed by atoms with van der Waals surface area (Å²) in [6, 6.07) is 12.0. The van der Waals surface area contributed by atoms with E-state index >= 15 is 0 Å². The molecule has 3 rings (SSSR count). The summed E-state index contributed by atoms with van der Waals surface area (Å²) in [5, 5.41) is 4.29. The van der Waals surface area contributed by atoms with Crippen molar-refractivity contribution >= 4 is 5.97 Å². The predicted octanol–water partition coefficient (Wildman–Crippen LogP) is 2.97. The third kappa shape index (κ3) is 4.98. The van der Waals surface area contributed by atoms with Gasteiger partial charge < -0.3 is 14.2 Å². The highest BCUT2D eigenvalue weighted by molar-refractivity contribution is 5.87. The Balaban J connectivity index is 1.81. The average Bonchev–Trinajstić information content (AvgIpc) is 2.72. The number of rotatable bonds is 7. The molecular weight excluding hydrogens is 374 g/mol. The number of pyridine rings is 1. The third-order valence-electron chi connectivity index (χ3n) is 4.00. The van der Waals surface area contributed by atoms with Crippen LogP contribution in [0.5, 0.6) is 17.2 Å². The Kier molecular flexibility index (Phi) is 6.23. The fourth-order valence-corrected chi connectivity index (χ4v) is 2.62. The molecule has 0 aliphatic heterocycles. The summed E-state index contributed by atoms with van der Waals surface area (Å²) in [6.45, 7) is 4.06. The first-order valence-electron chi connectivity index (χ1n) is 9.03. The van der Waals surface area contributed by atoms with Gasteiger partial charge >= 0.3 is 11.5 Å². The second-order valence-corrected chi connectivity index (χ2v) is 6.16. The van der Waals surface area contributed by atoms with Crippen molar-refractivity contribution in [2.24, 2.45) is 0 Å². The Morgan fingerprint density at radius 2 is 1.83 bits per heavy atom. The van der Waals surface area contributed by atoms with E-state index < -0.39 is 5.97 Å². The van der Waals surface area contributed by atoms with Crippen LogP contribution in [0.15, 0.2) is 53.5 Å². The molecule has 2 aromatic heterocycles. The zero-order chi connectivity index (χ0) is 20.8. The van der Waals surface area contributed by atoms with E-state index in [0.717, 1.165) is 11.3 Å². The number of hydrogen-bond acceptors (Lipinski definition) is 7. The van der Waals surface area contributed by atoms with E-state index in [1.54, 1.807) is 33.1 Å². The standard InChI is InChI=1S/C21H21N3O5/c1-4-28-21(26)18-10-9-17(12-22-18)29-19-11-14(2)23-24(20(19)25)13-15-5-7-16(27-3)8-6-15/h5-12H,4,13H2,1-3H3. The lowest BCUT2D eigenvalue weighted by Crippen LogP contribution is -2.25. The Hall–Kier alpha value is -3.68. The molecule has 8 nitrogen and oxygen atoms in total. The van der Waals surface area contributed by atoms with Crippen LogP contribution in [0.3, 0.4) is 0 Å². The molecule has 3 aromatic rings. The zero-order valence-electron chi connectivity index (χ0n) is 16.4. The molecule has 0 saturated carbocycles. The molecule has 29 heavy (non-hydrogen) atoms. The van der Waals surface area contributed by atoms with Gasteiger partial charge in [-0.3, -0.25) is 4.79 Å². The first kappa shape index (κ1) is 20.1. The monoisotopic (exact) mass is 395 g/mol. The van der Waals surface area contributed by atoms with Crippen molar-refractivity contribution in [1.29, 1.82) is 0 Å². The van der Waals surface area contributed by atoms with Crippen molar-refractivity contribution in [1.82, 2.24) is 14.8 Å². The number of methoxy groups -OCH3 is 1. The molecule has 0 amide bonds. The van der Waals surface area contributed by atoms with Gasteiger partial charge in [-0.25, -0.2) is 14.5 Å². The molecule has 0 aliphatic carbocycles. The molecule has 0 bridgehead atoms. The fourth-order valence-electron chi connectivity index (χ4n) is 2.62. The third-order valence-corrected chi connectivity index (χ3v) is 4.00. The number of esters is 1. The number of aryl methyl sites for hydroxylation is 1. The Morgan fingerprint density at radius 3 is 2.45 bits per heavy atom. The molecule has 1 aromatic carbocycles. The number of ether oxygens (including phenoxy) is 3. The van der Waals surface area contributed by atoms with Gasteiger partial charge in [0.05, 0.1) is 32.2 Å². The predicted molar refractivity (Wildman–Crippen MR) is 106 cm³/mol. The van der Waals surface area contributed by atoms with E-state index in [4.69, 9.17) is 14.2 Å². The molecule has 0 radical (unpaired) electrons. The summed E-state index contributed by atoms with van der Waals surface area (Å²) in [7, 11) is 1.60. The molecule has 150 valence electrons. The molecule has 0 spiro atoms. The van der Waals surface area contributed by atoms with E-state index in [0.29, 0.717) is 18.0 Å². The highest BCUT2D eigenvalue weighted by Gasteiger charge is 2.12. The maximum atomic E-state index is 12.8. The number of carbonyl (C=O) groups excluding carboxylic acids is 1. The SMILES string of the molecule is CCOC(=O)c1ccc(Oc2cc(C)nn(Cc3ccc(OC)cc3)c2=O)cn1. The Labute approximate surface area is 167 Å². The number of aromatic nitrogens is 3. The molecule has 0 saturated heterocycles. The van der Waals surface area contributed by atoms with Crippen LogP contribution in [-0.4, -0.2) is 34.5 Å². The van der Waals surface area contributed by atoms with Crippen LogP contribution < -0.4 is 15.0 Å². The lowest BCUT2D eigenvalue weighted by molar-refractivity contribution is 0.0519. The van der Waals surface area contributed by atoms with E-state index in [1.165, 1.54) is 16.9 Å². The van der Waals surface area contributed by atoms with Gasteiger partial charge in [-0.15, -0.1) is 0 Å². The van der Waals surface area contributed by atoms with Crippen molar-refractivity contribution in [2.75, 3.05) is 13.7 Å². The summed E-state index contributed by atoms with van der Waals surface area (Å²) < 4.78 is 17.1. The molecule has 2 heterocycles. The van der Waals surface area contributed by atoms with Crippen LogP contribution >= 0.6 is 0 Å². The first-order chi connectivity index (χ1) is 14.0. The van der Waals surface area contributed by atoms with Crippen molar-refractivity contribution in [3.8, 4) is 17.2 Å². The summed E-state index contributed by atoms with van der Waals surface area (Å²) in [5.74, 6) is 0.676. The van der Waals surface area contributed by atoms with Gasteiger partial charge in [0.2, 0.25) is 0 Å². The van der Waals surface area contributed by atoms with E-state index in [2.05, 4.69) is 10.1 Å². The van der Waals surface area contributed by atoms with E-state index in [-0.39, 0.29) is 23.6 Å². The van der Waals surface area contributed by atoms with E-state index in [9.17, 15) is 9.59 Å². The van der Waals surface area contributed by atoms with Crippen LogP contribution in [0, 0.1) is 6.92 Å². The maximum Gasteiger partial charge on any atom is 0.356 e. The Morgan fingerprint density at radius 1 is 1.10 bits per heavy atom. The van der Waals surface area contributed by atoms with Gasteiger partial charge in [0.15, 0.2) is 5.75 Å². The molecular formula is C21H21N3O5. The zero-order valence-corrected chi connectivity index (χ0v) is 16.4. The highest BCUT2D eigenvalue weighted by atomic mass is 16.5. The number of nitrogens with zero attached hydrogens (tertiary/aromatic N) is 3. The lowest BCUT2D eigenvalue weighted by atomic mass is 10.2. The Bertz CT molecular complexity index is 1040. The minimum absolute atomic E-state index is 0.122. The fraction of sp³-hybridized carbons (Fsp3) is 0.238. The molecule has 8 heteroatoms. The summed E-state index contributed by atoms with van der Waals surface area (Å²) in [5.41, 5.74) is 1.32. The highest BCUT2D eigenvalue weighted by Crippen LogP contribution is 2.18. The quantitative estimate of drug-likeness (QED) is 0.568. The van der Waals surface area contributed by atoms with Crippen LogP contribution in [0.4, 0.5) is 0 Å². The van der Waals surface area contributed by atoms with Crippen molar-refractivity contribution < 1.29 is 19.0 Å². The minimum atomic E-state index is -0.513. The van der Waals surface area contributed by atoms with Gasteiger partial charge in [-0.05, 0) is 43.7 Å². The summed E-state index contributed by atoms with van der Waals surface area (Å²) in [6.07, 6.45) is 1.37. The number of hydrogen-bond donors (Lipinski definition) is 0. The van der Waals surface area contributed by atoms with Crippen molar-refractivity contribution in [3.05, 3.63) is 76.0 Å². The molecule has 0 aliphatic rings. The van der Waals surface area contributed by atoms with Gasteiger partial charge in [0.25, 0.3) is 0 Å². The smallest absolute Gasteiger partial charge is 0.356 e. The number of benzene rings is 1. The average molecular weight is 395 g/mol. The van der Waals surface area contributed by atoms with Crippen LogP contribution in [0.25, 0.3) is 0 Å². The van der Waals surface area contributed by atoms with Gasteiger partial charge in [0.1, 0.15) is 17.2 Å². The summed E-state index contributed by atoms with van der Waals surface area (Å²) >= 11 is 0. The van der Waals surface area contributed by atoms with Gasteiger partial charge in [-0.1, -0.05) is 12.1 Å². The van der Waals surface area contributed by atoms with Gasteiger partial charge in [0, 0.05) is 6.07 Å². The maximum absolute atomic E-state index is 12.8. The second kappa shape index (κ2) is 9.01. The van der Waals surface area contributed by atoms with Crippen molar-refractivity contribution in [2.45, 2.75) is 20.4 Å². The van der Waals surface area contributed by atoms with Crippen LogP contribution in [0.1, 0.15) is 28.7 Å². The number of carbonyl (C=O) groups is 1. The molecule has 0 N–H and O–H groups in total. The molecule has 0 unspecified atom stereocenters. The van der Waals surface area contributed by atoms with Crippen LogP contribution in [0.2, 0.25) is 0 Å². The normalized spacial score (nSPS) is 10.4. The van der Waals surface area contributed by atoms with Crippen molar-refractivity contribution in [3.63, 3.8) is 0 Å². The largest absolute Gasteiger partial charge is 0.497 e. The second-order valence-electron chi connectivity index (χ2n) is 6.16. The molecule has 0 fully saturated rings. The topological polar surface area (TPSA) is 92.5 Å². The lowest BCUT2D eigenvalue weighted by Gasteiger charge is -2.10. The minimum Gasteiger partial charge on any atom is -0.497 e. The van der Waals surface area contributed by atoms with Gasteiger partial charge in [-0.2, -0.15) is 5.10 Å². The van der Waals surface area contributed by atoms with Crippen LogP contribution in [-0.2, 0) is 11.3 Å². The van der Waals surface area contributed by atoms with E-state index in [1.807, 2.05) is 24.3 Å². The first-order valence-corrected chi connectivity index (χ1v) is 9.03. The summed E-state index contributed by atoms with van der Waals surface area (Å²) in [4.78, 5) is 28.5. The molecule has 0 atom stereocenters.